The van der Waals surface area contributed by atoms with Crippen molar-refractivity contribution in [3.05, 3.63) is 53.1 Å². The number of carbonyl (C=O) groups is 1. The van der Waals surface area contributed by atoms with Crippen LogP contribution in [0.1, 0.15) is 42.5 Å². The van der Waals surface area contributed by atoms with E-state index in [1.165, 1.54) is 17.7 Å². The molecule has 2 aliphatic heterocycles. The van der Waals surface area contributed by atoms with Crippen LogP contribution in [0.2, 0.25) is 0 Å². The van der Waals surface area contributed by atoms with E-state index < -0.39 is 18.2 Å². The Morgan fingerprint density at radius 1 is 1.14 bits per heavy atom. The Morgan fingerprint density at radius 3 is 2.53 bits per heavy atom. The van der Waals surface area contributed by atoms with E-state index in [0.717, 1.165) is 41.3 Å². The molecule has 0 saturated carbocycles. The van der Waals surface area contributed by atoms with Crippen LogP contribution in [0.15, 0.2) is 41.3 Å². The first-order chi connectivity index (χ1) is 17.4. The van der Waals surface area contributed by atoms with Crippen LogP contribution in [0, 0.1) is 13.8 Å². The number of aliphatic hydroxyl groups is 1. The molecule has 0 aromatic heterocycles. The van der Waals surface area contributed by atoms with Crippen LogP contribution < -0.4 is 15.2 Å². The first-order valence-corrected chi connectivity index (χ1v) is 13.9. The number of nitrogens with zero attached hydrogens (tertiary/aromatic N) is 2. The van der Waals surface area contributed by atoms with Crippen LogP contribution >= 0.6 is 11.8 Å². The summed E-state index contributed by atoms with van der Waals surface area (Å²) in [6.07, 6.45) is 1.29. The number of unbranched alkanes of at least 4 members (excludes halogenated alkanes) is 1. The summed E-state index contributed by atoms with van der Waals surface area (Å²) >= 11 is 1.83. The first-order valence-electron chi connectivity index (χ1n) is 12.9. The summed E-state index contributed by atoms with van der Waals surface area (Å²) in [5.41, 5.74) is 9.04. The Labute approximate surface area is 218 Å². The second-order valence-corrected chi connectivity index (χ2v) is 11.0. The number of aryl methyl sites for hydroxylation is 2. The van der Waals surface area contributed by atoms with Crippen molar-refractivity contribution in [1.29, 1.82) is 0 Å². The Hall–Kier alpha value is -2.26. The Bertz CT molecular complexity index is 1020. The van der Waals surface area contributed by atoms with Crippen LogP contribution in [0.5, 0.6) is 11.5 Å². The fourth-order valence-corrected chi connectivity index (χ4v) is 6.05. The van der Waals surface area contributed by atoms with Gasteiger partial charge in [0.05, 0.1) is 0 Å². The SMILES string of the molecule is CCCCSc1ccc2c(c1)OCC(C(O)CN1CCN(C(C(N)=O)c3c(C)cccc3C)CC1)O2. The van der Waals surface area contributed by atoms with Crippen LogP contribution in [0.3, 0.4) is 0 Å². The predicted molar refractivity (Wildman–Crippen MR) is 144 cm³/mol. The molecule has 7 nitrogen and oxygen atoms in total. The highest BCUT2D eigenvalue weighted by Crippen LogP contribution is 2.36. The van der Waals surface area contributed by atoms with Gasteiger partial charge in [-0.05, 0) is 60.9 Å². The molecule has 1 amide bonds. The average Bonchev–Trinajstić information content (AvgIpc) is 2.86. The van der Waals surface area contributed by atoms with E-state index >= 15 is 0 Å². The van der Waals surface area contributed by atoms with Gasteiger partial charge >= 0.3 is 0 Å². The molecule has 8 heteroatoms. The number of primary amides is 1. The Morgan fingerprint density at radius 2 is 1.86 bits per heavy atom. The molecule has 2 aromatic rings. The van der Waals surface area contributed by atoms with Crippen molar-refractivity contribution in [2.24, 2.45) is 5.73 Å². The van der Waals surface area contributed by atoms with Crippen LogP contribution in [0.25, 0.3) is 0 Å². The zero-order valence-electron chi connectivity index (χ0n) is 21.6. The van der Waals surface area contributed by atoms with Gasteiger partial charge in [0.1, 0.15) is 18.8 Å². The molecular weight excluding hydrogens is 474 g/mol. The van der Waals surface area contributed by atoms with Crippen LogP contribution in [0.4, 0.5) is 0 Å². The Balaban J connectivity index is 1.30. The lowest BCUT2D eigenvalue weighted by Crippen LogP contribution is -2.54. The minimum absolute atomic E-state index is 0.320. The molecule has 2 heterocycles. The van der Waals surface area contributed by atoms with Gasteiger partial charge in [-0.2, -0.15) is 0 Å². The van der Waals surface area contributed by atoms with Gasteiger partial charge in [0, 0.05) is 37.6 Å². The topological polar surface area (TPSA) is 88.3 Å². The fourth-order valence-electron chi connectivity index (χ4n) is 5.03. The van der Waals surface area contributed by atoms with Crippen molar-refractivity contribution < 1.29 is 19.4 Å². The van der Waals surface area contributed by atoms with Gasteiger partial charge in [-0.25, -0.2) is 0 Å². The molecule has 3 atom stereocenters. The van der Waals surface area contributed by atoms with Crippen molar-refractivity contribution >= 4 is 17.7 Å². The quantitative estimate of drug-likeness (QED) is 0.371. The van der Waals surface area contributed by atoms with E-state index in [1.54, 1.807) is 0 Å². The van der Waals surface area contributed by atoms with Gasteiger partial charge in [-0.3, -0.25) is 14.6 Å². The number of thioether (sulfide) groups is 1. The molecule has 196 valence electrons. The summed E-state index contributed by atoms with van der Waals surface area (Å²) in [5.74, 6) is 2.21. The maximum absolute atomic E-state index is 12.5. The molecule has 1 saturated heterocycles. The lowest BCUT2D eigenvalue weighted by molar-refractivity contribution is -0.124. The van der Waals surface area contributed by atoms with Gasteiger partial charge in [-0.15, -0.1) is 11.8 Å². The minimum Gasteiger partial charge on any atom is -0.486 e. The summed E-state index contributed by atoms with van der Waals surface area (Å²) < 4.78 is 12.1. The van der Waals surface area contributed by atoms with E-state index in [2.05, 4.69) is 22.8 Å². The third-order valence-corrected chi connectivity index (χ3v) is 8.17. The van der Waals surface area contributed by atoms with E-state index in [9.17, 15) is 9.90 Å². The van der Waals surface area contributed by atoms with Gasteiger partial charge in [0.15, 0.2) is 17.6 Å². The van der Waals surface area contributed by atoms with Gasteiger partial charge in [-0.1, -0.05) is 31.5 Å². The Kier molecular flexibility index (Phi) is 9.17. The molecule has 1 fully saturated rings. The average molecular weight is 514 g/mol. The van der Waals surface area contributed by atoms with E-state index in [0.29, 0.717) is 32.0 Å². The zero-order valence-corrected chi connectivity index (χ0v) is 22.4. The van der Waals surface area contributed by atoms with Crippen molar-refractivity contribution in [1.82, 2.24) is 9.80 Å². The highest BCUT2D eigenvalue weighted by molar-refractivity contribution is 7.99. The number of rotatable bonds is 10. The number of carbonyl (C=O) groups excluding carboxylic acids is 1. The number of amides is 1. The lowest BCUT2D eigenvalue weighted by atomic mass is 9.94. The van der Waals surface area contributed by atoms with Gasteiger partial charge in [0.25, 0.3) is 0 Å². The number of hydrogen-bond acceptors (Lipinski definition) is 7. The van der Waals surface area contributed by atoms with Crippen molar-refractivity contribution in [3.8, 4) is 11.5 Å². The van der Waals surface area contributed by atoms with Crippen molar-refractivity contribution in [2.75, 3.05) is 45.1 Å². The number of hydrogen-bond donors (Lipinski definition) is 2. The number of β-amino-alcohol motifs (C(OH)–C–C–N with tert-alkyl or cyclic N) is 1. The summed E-state index contributed by atoms with van der Waals surface area (Å²) in [6, 6.07) is 11.7. The first kappa shape index (κ1) is 26.8. The third kappa shape index (κ3) is 6.35. The van der Waals surface area contributed by atoms with E-state index in [-0.39, 0.29) is 5.91 Å². The molecule has 36 heavy (non-hydrogen) atoms. The second-order valence-electron chi connectivity index (χ2n) is 9.79. The minimum atomic E-state index is -0.672. The lowest BCUT2D eigenvalue weighted by Gasteiger charge is -2.40. The van der Waals surface area contributed by atoms with Gasteiger partial charge in [0.2, 0.25) is 5.91 Å². The molecule has 3 N–H and O–H groups in total. The number of fused-ring (bicyclic) bond motifs is 1. The maximum Gasteiger partial charge on any atom is 0.239 e. The molecule has 0 spiro atoms. The smallest absolute Gasteiger partial charge is 0.239 e. The summed E-state index contributed by atoms with van der Waals surface area (Å²) in [4.78, 5) is 18.0. The fraction of sp³-hybridized carbons (Fsp3) is 0.536. The highest BCUT2D eigenvalue weighted by atomic mass is 32.2. The molecule has 2 aliphatic rings. The van der Waals surface area contributed by atoms with Crippen LogP contribution in [-0.4, -0.2) is 78.1 Å². The molecule has 4 rings (SSSR count). The third-order valence-electron chi connectivity index (χ3n) is 7.09. The predicted octanol–water partition coefficient (Wildman–Crippen LogP) is 3.54. The maximum atomic E-state index is 12.5. The molecule has 0 radical (unpaired) electrons. The summed E-state index contributed by atoms with van der Waals surface area (Å²) in [7, 11) is 0. The standard InChI is InChI=1S/C28H39N3O4S/c1-4-5-15-36-21-9-10-23-24(16-21)34-18-25(35-23)22(32)17-30-11-13-31(14-12-30)27(28(29)33)26-19(2)7-6-8-20(26)3/h6-10,16,22,25,27,32H,4-5,11-15,17-18H2,1-3H3,(H2,29,33). The van der Waals surface area contributed by atoms with Crippen molar-refractivity contribution in [3.63, 3.8) is 0 Å². The molecule has 2 aromatic carbocycles. The number of ether oxygens (including phenoxy) is 2. The molecule has 3 unspecified atom stereocenters. The molecule has 0 aliphatic carbocycles. The second kappa shape index (κ2) is 12.3. The highest BCUT2D eigenvalue weighted by Gasteiger charge is 2.33. The largest absolute Gasteiger partial charge is 0.486 e. The van der Waals surface area contributed by atoms with Crippen LogP contribution in [-0.2, 0) is 4.79 Å². The van der Waals surface area contributed by atoms with Crippen molar-refractivity contribution in [2.45, 2.75) is 56.8 Å². The number of aliphatic hydroxyl groups excluding tert-OH is 1. The normalized spacial score (nSPS) is 20.2. The zero-order chi connectivity index (χ0) is 25.7. The summed E-state index contributed by atoms with van der Waals surface area (Å²) in [6.45, 7) is 9.97. The van der Waals surface area contributed by atoms with E-state index in [1.807, 2.05) is 55.9 Å². The number of piperazine rings is 1. The number of nitrogens with two attached hydrogens (primary N) is 1. The molecule has 0 bridgehead atoms. The van der Waals surface area contributed by atoms with Gasteiger partial charge < -0.3 is 20.3 Å². The summed E-state index contributed by atoms with van der Waals surface area (Å²) in [5, 5.41) is 10.9. The number of benzene rings is 2. The monoisotopic (exact) mass is 513 g/mol. The van der Waals surface area contributed by atoms with E-state index in [4.69, 9.17) is 15.2 Å². The molecular formula is C28H39N3O4S.